The van der Waals surface area contributed by atoms with Crippen LogP contribution in [0.15, 0.2) is 30.5 Å². The Balaban J connectivity index is 2.49. The van der Waals surface area contributed by atoms with Gasteiger partial charge in [-0.05, 0) is 24.3 Å². The third kappa shape index (κ3) is 2.22. The molecule has 0 atom stereocenters. The van der Waals surface area contributed by atoms with E-state index >= 15 is 0 Å². The average Bonchev–Trinajstić information content (AvgIpc) is 2.39. The van der Waals surface area contributed by atoms with Crippen molar-refractivity contribution < 1.29 is 9.84 Å². The van der Waals surface area contributed by atoms with E-state index in [1.165, 1.54) is 19.4 Å². The molecule has 0 spiro atoms. The van der Waals surface area contributed by atoms with Gasteiger partial charge in [-0.3, -0.25) is 4.98 Å². The van der Waals surface area contributed by atoms with E-state index in [1.807, 2.05) is 6.07 Å². The van der Waals surface area contributed by atoms with Gasteiger partial charge < -0.3 is 9.84 Å². The van der Waals surface area contributed by atoms with Gasteiger partial charge in [0.2, 0.25) is 0 Å². The number of aromatic nitrogens is 1. The van der Waals surface area contributed by atoms with E-state index in [-0.39, 0.29) is 11.3 Å². The Kier molecular flexibility index (Phi) is 3.35. The third-order valence-electron chi connectivity index (χ3n) is 2.45. The molecule has 1 aromatic carbocycles. The van der Waals surface area contributed by atoms with Crippen molar-refractivity contribution in [3.8, 4) is 28.8 Å². The fourth-order valence-corrected chi connectivity index (χ4v) is 1.78. The standard InChI is InChI=1S/C13H9ClN2O2/c1-18-13-3-2-8(4-10(13)14)11-5-9(6-15)12(17)7-16-11/h2-5,7,17H,1H3. The molecule has 18 heavy (non-hydrogen) atoms. The first-order valence-corrected chi connectivity index (χ1v) is 5.46. The summed E-state index contributed by atoms with van der Waals surface area (Å²) in [6.07, 6.45) is 1.24. The Labute approximate surface area is 109 Å². The summed E-state index contributed by atoms with van der Waals surface area (Å²) in [5.74, 6) is 0.431. The van der Waals surface area contributed by atoms with Crippen LogP contribution in [0.1, 0.15) is 5.56 Å². The zero-order chi connectivity index (χ0) is 13.1. The third-order valence-corrected chi connectivity index (χ3v) is 2.75. The van der Waals surface area contributed by atoms with E-state index in [0.717, 1.165) is 5.56 Å². The van der Waals surface area contributed by atoms with Gasteiger partial charge in [0.1, 0.15) is 11.8 Å². The largest absolute Gasteiger partial charge is 0.505 e. The normalized spacial score (nSPS) is 9.83. The number of rotatable bonds is 2. The highest BCUT2D eigenvalue weighted by Crippen LogP contribution is 2.30. The molecule has 0 radical (unpaired) electrons. The van der Waals surface area contributed by atoms with E-state index < -0.39 is 0 Å². The van der Waals surface area contributed by atoms with Gasteiger partial charge in [-0.1, -0.05) is 11.6 Å². The Morgan fingerprint density at radius 2 is 2.17 bits per heavy atom. The highest BCUT2D eigenvalue weighted by atomic mass is 35.5. The molecule has 0 unspecified atom stereocenters. The number of aromatic hydroxyl groups is 1. The molecular formula is C13H9ClN2O2. The number of pyridine rings is 1. The summed E-state index contributed by atoms with van der Waals surface area (Å²) in [5, 5.41) is 18.7. The Hall–Kier alpha value is -2.25. The van der Waals surface area contributed by atoms with Gasteiger partial charge in [-0.2, -0.15) is 5.26 Å². The zero-order valence-electron chi connectivity index (χ0n) is 9.51. The molecule has 0 bridgehead atoms. The predicted molar refractivity (Wildman–Crippen MR) is 67.6 cm³/mol. The Bertz CT molecular complexity index is 635. The molecule has 2 aromatic rings. The Morgan fingerprint density at radius 3 is 2.78 bits per heavy atom. The van der Waals surface area contributed by atoms with Gasteiger partial charge in [-0.25, -0.2) is 0 Å². The number of halogens is 1. The summed E-state index contributed by atoms with van der Waals surface area (Å²) < 4.78 is 5.06. The molecule has 0 aliphatic carbocycles. The monoisotopic (exact) mass is 260 g/mol. The van der Waals surface area contributed by atoms with Gasteiger partial charge in [0, 0.05) is 5.56 Å². The molecule has 2 rings (SSSR count). The molecule has 1 N–H and O–H groups in total. The maximum Gasteiger partial charge on any atom is 0.151 e. The van der Waals surface area contributed by atoms with E-state index in [2.05, 4.69) is 4.98 Å². The van der Waals surface area contributed by atoms with Crippen LogP contribution in [-0.2, 0) is 0 Å². The van der Waals surface area contributed by atoms with E-state index in [0.29, 0.717) is 16.5 Å². The second-order valence-electron chi connectivity index (χ2n) is 3.55. The molecule has 0 aliphatic heterocycles. The van der Waals surface area contributed by atoms with Crippen LogP contribution in [0.2, 0.25) is 5.02 Å². The Morgan fingerprint density at radius 1 is 1.39 bits per heavy atom. The number of hydrogen-bond donors (Lipinski definition) is 1. The first kappa shape index (κ1) is 12.2. The van der Waals surface area contributed by atoms with E-state index in [9.17, 15) is 5.11 Å². The van der Waals surface area contributed by atoms with Crippen molar-refractivity contribution in [3.05, 3.63) is 41.0 Å². The van der Waals surface area contributed by atoms with Crippen molar-refractivity contribution in [2.24, 2.45) is 0 Å². The van der Waals surface area contributed by atoms with Gasteiger partial charge in [0.15, 0.2) is 5.75 Å². The number of hydrogen-bond acceptors (Lipinski definition) is 4. The van der Waals surface area contributed by atoms with Gasteiger partial charge in [0.25, 0.3) is 0 Å². The van der Waals surface area contributed by atoms with Crippen molar-refractivity contribution in [1.82, 2.24) is 4.98 Å². The maximum absolute atomic E-state index is 9.39. The molecule has 0 saturated carbocycles. The lowest BCUT2D eigenvalue weighted by Gasteiger charge is -2.06. The minimum atomic E-state index is -0.138. The summed E-state index contributed by atoms with van der Waals surface area (Å²) in [6, 6.07) is 8.60. The minimum Gasteiger partial charge on any atom is -0.505 e. The molecule has 5 heteroatoms. The van der Waals surface area contributed by atoms with Crippen LogP contribution in [0, 0.1) is 11.3 Å². The summed E-state index contributed by atoms with van der Waals surface area (Å²) in [5.41, 5.74) is 1.48. The summed E-state index contributed by atoms with van der Waals surface area (Å²) in [6.45, 7) is 0. The summed E-state index contributed by atoms with van der Waals surface area (Å²) in [4.78, 5) is 4.05. The fraction of sp³-hybridized carbons (Fsp3) is 0.0769. The molecule has 0 fully saturated rings. The zero-order valence-corrected chi connectivity index (χ0v) is 10.3. The van der Waals surface area contributed by atoms with Crippen LogP contribution in [0.4, 0.5) is 0 Å². The van der Waals surface area contributed by atoms with Crippen LogP contribution in [0.5, 0.6) is 11.5 Å². The van der Waals surface area contributed by atoms with Crippen molar-refractivity contribution >= 4 is 11.6 Å². The molecule has 1 heterocycles. The lowest BCUT2D eigenvalue weighted by atomic mass is 10.1. The molecule has 0 saturated heterocycles. The molecule has 0 amide bonds. The first-order chi connectivity index (χ1) is 8.65. The highest BCUT2D eigenvalue weighted by molar-refractivity contribution is 6.32. The van der Waals surface area contributed by atoms with Crippen LogP contribution >= 0.6 is 11.6 Å². The predicted octanol–water partition coefficient (Wildman–Crippen LogP) is 2.99. The van der Waals surface area contributed by atoms with Crippen LogP contribution in [0.25, 0.3) is 11.3 Å². The molecular weight excluding hydrogens is 252 g/mol. The van der Waals surface area contributed by atoms with Crippen LogP contribution in [-0.4, -0.2) is 17.2 Å². The van der Waals surface area contributed by atoms with E-state index in [1.54, 1.807) is 18.2 Å². The smallest absolute Gasteiger partial charge is 0.151 e. The highest BCUT2D eigenvalue weighted by Gasteiger charge is 2.08. The van der Waals surface area contributed by atoms with Gasteiger partial charge in [0.05, 0.1) is 29.6 Å². The van der Waals surface area contributed by atoms with Crippen molar-refractivity contribution in [1.29, 1.82) is 5.26 Å². The van der Waals surface area contributed by atoms with Gasteiger partial charge >= 0.3 is 0 Å². The topological polar surface area (TPSA) is 66.1 Å². The number of nitriles is 1. The van der Waals surface area contributed by atoms with Crippen molar-refractivity contribution in [2.75, 3.05) is 7.11 Å². The number of ether oxygens (including phenoxy) is 1. The molecule has 4 nitrogen and oxygen atoms in total. The lowest BCUT2D eigenvalue weighted by molar-refractivity contribution is 0.415. The van der Waals surface area contributed by atoms with Crippen molar-refractivity contribution in [2.45, 2.75) is 0 Å². The molecule has 1 aromatic heterocycles. The summed E-state index contributed by atoms with van der Waals surface area (Å²) >= 11 is 6.02. The number of benzene rings is 1. The molecule has 0 aliphatic rings. The maximum atomic E-state index is 9.39. The van der Waals surface area contributed by atoms with Crippen LogP contribution in [0.3, 0.4) is 0 Å². The fourth-order valence-electron chi connectivity index (χ4n) is 1.52. The molecule has 90 valence electrons. The second kappa shape index (κ2) is 4.94. The quantitative estimate of drug-likeness (QED) is 0.901. The van der Waals surface area contributed by atoms with Crippen LogP contribution < -0.4 is 4.74 Å². The average molecular weight is 261 g/mol. The van der Waals surface area contributed by atoms with E-state index in [4.69, 9.17) is 21.6 Å². The number of nitrogens with zero attached hydrogens (tertiary/aromatic N) is 2. The first-order valence-electron chi connectivity index (χ1n) is 5.08. The lowest BCUT2D eigenvalue weighted by Crippen LogP contribution is -1.88. The second-order valence-corrected chi connectivity index (χ2v) is 3.96. The number of methoxy groups -OCH3 is 1. The minimum absolute atomic E-state index is 0.138. The summed E-state index contributed by atoms with van der Waals surface area (Å²) in [7, 11) is 1.54. The van der Waals surface area contributed by atoms with Gasteiger partial charge in [-0.15, -0.1) is 0 Å². The van der Waals surface area contributed by atoms with Crippen molar-refractivity contribution in [3.63, 3.8) is 0 Å². The SMILES string of the molecule is COc1ccc(-c2cc(C#N)c(O)cn2)cc1Cl.